The Hall–Kier alpha value is -2.30. The summed E-state index contributed by atoms with van der Waals surface area (Å²) in [4.78, 5) is 12.1. The highest BCUT2D eigenvalue weighted by Gasteiger charge is 2.34. The second kappa shape index (κ2) is 4.76. The number of carbonyl (C=O) groups excluding carboxylic acids is 1. The smallest absolute Gasteiger partial charge is 0.399 e. The van der Waals surface area contributed by atoms with Crippen molar-refractivity contribution >= 4 is 11.5 Å². The number of hydrogen-bond donors (Lipinski definition) is 1. The highest BCUT2D eigenvalue weighted by molar-refractivity contribution is 6.10. The van der Waals surface area contributed by atoms with E-state index in [9.17, 15) is 18.0 Å². The molecule has 2 aromatic carbocycles. The largest absolute Gasteiger partial charge is 0.417 e. The summed E-state index contributed by atoms with van der Waals surface area (Å²) in [5.74, 6) is -0.694. The van der Waals surface area contributed by atoms with Crippen molar-refractivity contribution in [2.24, 2.45) is 0 Å². The van der Waals surface area contributed by atoms with E-state index in [-0.39, 0.29) is 11.1 Å². The van der Waals surface area contributed by atoms with E-state index in [1.807, 2.05) is 0 Å². The van der Waals surface area contributed by atoms with E-state index in [0.717, 1.165) is 12.1 Å². The summed E-state index contributed by atoms with van der Waals surface area (Å²) in [6.45, 7) is 0. The minimum atomic E-state index is -4.56. The van der Waals surface area contributed by atoms with Crippen molar-refractivity contribution in [1.29, 1.82) is 0 Å². The molecule has 0 heterocycles. The van der Waals surface area contributed by atoms with Gasteiger partial charge in [-0.15, -0.1) is 0 Å². The first-order valence-electron chi connectivity index (χ1n) is 5.46. The summed E-state index contributed by atoms with van der Waals surface area (Å²) in [6, 6.07) is 10.6. The number of halogens is 3. The van der Waals surface area contributed by atoms with Crippen molar-refractivity contribution in [3.05, 3.63) is 65.2 Å². The Morgan fingerprint density at radius 3 is 2.32 bits per heavy atom. The Morgan fingerprint density at radius 2 is 1.68 bits per heavy atom. The topological polar surface area (TPSA) is 43.1 Å². The first kappa shape index (κ1) is 13.1. The molecule has 0 unspecified atom stereocenters. The lowest BCUT2D eigenvalue weighted by Crippen LogP contribution is -2.13. The molecule has 0 aliphatic rings. The Labute approximate surface area is 107 Å². The molecule has 2 rings (SSSR count). The normalized spacial score (nSPS) is 11.3. The fourth-order valence-corrected chi connectivity index (χ4v) is 1.76. The average molecular weight is 265 g/mol. The summed E-state index contributed by atoms with van der Waals surface area (Å²) in [6.07, 6.45) is -4.56. The van der Waals surface area contributed by atoms with Crippen molar-refractivity contribution in [3.63, 3.8) is 0 Å². The molecule has 0 aliphatic carbocycles. The maximum atomic E-state index is 12.8. The Morgan fingerprint density at radius 1 is 1.00 bits per heavy atom. The third kappa shape index (κ3) is 2.76. The van der Waals surface area contributed by atoms with Crippen LogP contribution in [0.25, 0.3) is 0 Å². The first-order chi connectivity index (χ1) is 8.89. The van der Waals surface area contributed by atoms with Gasteiger partial charge in [0, 0.05) is 16.8 Å². The number of carbonyl (C=O) groups is 1. The van der Waals surface area contributed by atoms with Crippen LogP contribution in [0.4, 0.5) is 18.9 Å². The zero-order valence-electron chi connectivity index (χ0n) is 9.74. The van der Waals surface area contributed by atoms with Gasteiger partial charge in [0.1, 0.15) is 0 Å². The highest BCUT2D eigenvalue weighted by Crippen LogP contribution is 2.32. The molecule has 0 saturated carbocycles. The lowest BCUT2D eigenvalue weighted by molar-refractivity contribution is -0.137. The summed E-state index contributed by atoms with van der Waals surface area (Å²) >= 11 is 0. The van der Waals surface area contributed by atoms with Crippen molar-refractivity contribution in [3.8, 4) is 0 Å². The quantitative estimate of drug-likeness (QED) is 0.667. The van der Waals surface area contributed by atoms with Crippen LogP contribution in [0.2, 0.25) is 0 Å². The number of hydrogen-bond acceptors (Lipinski definition) is 2. The molecular formula is C14H10F3NO. The third-order valence-corrected chi connectivity index (χ3v) is 2.63. The lowest BCUT2D eigenvalue weighted by Gasteiger charge is -2.11. The van der Waals surface area contributed by atoms with E-state index in [0.29, 0.717) is 5.69 Å². The van der Waals surface area contributed by atoms with E-state index < -0.39 is 17.5 Å². The van der Waals surface area contributed by atoms with Crippen LogP contribution >= 0.6 is 0 Å². The van der Waals surface area contributed by atoms with Gasteiger partial charge in [-0.25, -0.2) is 0 Å². The third-order valence-electron chi connectivity index (χ3n) is 2.63. The predicted molar refractivity (Wildman–Crippen MR) is 65.7 cm³/mol. The molecule has 0 saturated heterocycles. The highest BCUT2D eigenvalue weighted by atomic mass is 19.4. The average Bonchev–Trinajstić information content (AvgIpc) is 2.37. The molecule has 0 radical (unpaired) electrons. The molecule has 0 atom stereocenters. The number of rotatable bonds is 2. The molecule has 19 heavy (non-hydrogen) atoms. The second-order valence-corrected chi connectivity index (χ2v) is 4.00. The SMILES string of the molecule is Nc1cccc(C(=O)c2ccccc2C(F)(F)F)c1. The molecule has 2 nitrogen and oxygen atoms in total. The summed E-state index contributed by atoms with van der Waals surface area (Å²) in [5, 5.41) is 0. The van der Waals surface area contributed by atoms with Crippen molar-refractivity contribution in [1.82, 2.24) is 0 Å². The Kier molecular flexibility index (Phi) is 3.29. The van der Waals surface area contributed by atoms with Crippen LogP contribution < -0.4 is 5.73 Å². The van der Waals surface area contributed by atoms with Crippen LogP contribution in [0.5, 0.6) is 0 Å². The molecule has 0 spiro atoms. The van der Waals surface area contributed by atoms with E-state index >= 15 is 0 Å². The molecule has 0 aliphatic heterocycles. The van der Waals surface area contributed by atoms with Crippen molar-refractivity contribution in [2.45, 2.75) is 6.18 Å². The number of benzene rings is 2. The van der Waals surface area contributed by atoms with Crippen molar-refractivity contribution < 1.29 is 18.0 Å². The monoisotopic (exact) mass is 265 g/mol. The first-order valence-corrected chi connectivity index (χ1v) is 5.46. The van der Waals surface area contributed by atoms with Crippen LogP contribution in [-0.2, 0) is 6.18 Å². The standard InChI is InChI=1S/C14H10F3NO/c15-14(16,17)12-7-2-1-6-11(12)13(19)9-4-3-5-10(18)8-9/h1-8H,18H2. The van der Waals surface area contributed by atoms with E-state index in [1.54, 1.807) is 6.07 Å². The second-order valence-electron chi connectivity index (χ2n) is 4.00. The van der Waals surface area contributed by atoms with E-state index in [2.05, 4.69) is 0 Å². The van der Waals surface area contributed by atoms with Gasteiger partial charge in [-0.2, -0.15) is 13.2 Å². The molecular weight excluding hydrogens is 255 g/mol. The van der Waals surface area contributed by atoms with Crippen LogP contribution in [0.1, 0.15) is 21.5 Å². The Bertz CT molecular complexity index is 620. The number of ketones is 1. The van der Waals surface area contributed by atoms with E-state index in [1.165, 1.54) is 30.3 Å². The number of nitrogen functional groups attached to an aromatic ring is 1. The maximum Gasteiger partial charge on any atom is 0.417 e. The number of alkyl halides is 3. The Balaban J connectivity index is 2.51. The van der Waals surface area contributed by atoms with Gasteiger partial charge in [0.25, 0.3) is 0 Å². The predicted octanol–water partition coefficient (Wildman–Crippen LogP) is 3.52. The zero-order valence-corrected chi connectivity index (χ0v) is 9.74. The molecule has 0 amide bonds. The van der Waals surface area contributed by atoms with Gasteiger partial charge in [-0.05, 0) is 18.2 Å². The fourth-order valence-electron chi connectivity index (χ4n) is 1.76. The lowest BCUT2D eigenvalue weighted by atomic mass is 9.98. The summed E-state index contributed by atoms with van der Waals surface area (Å²) < 4.78 is 38.5. The number of nitrogens with two attached hydrogens (primary N) is 1. The van der Waals surface area contributed by atoms with Gasteiger partial charge in [-0.1, -0.05) is 30.3 Å². The zero-order chi connectivity index (χ0) is 14.0. The summed E-state index contributed by atoms with van der Waals surface area (Å²) in [5.41, 5.74) is 4.67. The molecule has 2 aromatic rings. The fraction of sp³-hybridized carbons (Fsp3) is 0.0714. The number of anilines is 1. The minimum Gasteiger partial charge on any atom is -0.399 e. The molecule has 2 N–H and O–H groups in total. The molecule has 5 heteroatoms. The molecule has 0 bridgehead atoms. The van der Waals surface area contributed by atoms with Gasteiger partial charge < -0.3 is 5.73 Å². The molecule has 0 aromatic heterocycles. The van der Waals surface area contributed by atoms with Gasteiger partial charge in [0.2, 0.25) is 0 Å². The molecule has 98 valence electrons. The van der Waals surface area contributed by atoms with E-state index in [4.69, 9.17) is 5.73 Å². The van der Waals surface area contributed by atoms with Crippen LogP contribution in [0, 0.1) is 0 Å². The summed E-state index contributed by atoms with van der Waals surface area (Å²) in [7, 11) is 0. The van der Waals surface area contributed by atoms with Gasteiger partial charge in [0.05, 0.1) is 5.56 Å². The van der Waals surface area contributed by atoms with Crippen LogP contribution in [0.15, 0.2) is 48.5 Å². The van der Waals surface area contributed by atoms with Gasteiger partial charge in [-0.3, -0.25) is 4.79 Å². The van der Waals surface area contributed by atoms with Gasteiger partial charge in [0.15, 0.2) is 5.78 Å². The minimum absolute atomic E-state index is 0.136. The molecule has 0 fully saturated rings. The van der Waals surface area contributed by atoms with Crippen LogP contribution in [-0.4, -0.2) is 5.78 Å². The van der Waals surface area contributed by atoms with Crippen molar-refractivity contribution in [2.75, 3.05) is 5.73 Å². The maximum absolute atomic E-state index is 12.8. The van der Waals surface area contributed by atoms with Gasteiger partial charge >= 0.3 is 6.18 Å². The van der Waals surface area contributed by atoms with Crippen LogP contribution in [0.3, 0.4) is 0 Å².